The maximum atomic E-state index is 12.5. The number of benzene rings is 1. The van der Waals surface area contributed by atoms with Gasteiger partial charge in [0.1, 0.15) is 5.60 Å². The highest BCUT2D eigenvalue weighted by Gasteiger charge is 2.39. The first-order chi connectivity index (χ1) is 10.3. The monoisotopic (exact) mass is 325 g/mol. The Hall–Kier alpha value is -1.26. The molecule has 1 aliphatic carbocycles. The van der Waals surface area contributed by atoms with E-state index >= 15 is 0 Å². The lowest BCUT2D eigenvalue weighted by Crippen LogP contribution is -2.47. The smallest absolute Gasteiger partial charge is 0.410 e. The van der Waals surface area contributed by atoms with E-state index in [-0.39, 0.29) is 24.8 Å². The minimum absolute atomic E-state index is 0.0850. The molecule has 5 heteroatoms. The molecule has 0 aliphatic heterocycles. The molecule has 1 aromatic carbocycles. The molecule has 1 N–H and O–H groups in total. The van der Waals surface area contributed by atoms with Crippen LogP contribution in [-0.2, 0) is 11.2 Å². The minimum Gasteiger partial charge on any atom is -0.444 e. The molecular weight excluding hydrogens is 302 g/mol. The van der Waals surface area contributed by atoms with Crippen LogP contribution in [0.4, 0.5) is 4.79 Å². The Morgan fingerprint density at radius 1 is 1.36 bits per heavy atom. The Balaban J connectivity index is 2.10. The van der Waals surface area contributed by atoms with Crippen molar-refractivity contribution in [3.8, 4) is 0 Å². The standard InChI is InChI=1S/C17H24ClNO3/c1-17(2,3)22-16(21)19(14-8-9-14)15(11-20)10-12-4-6-13(18)7-5-12/h4-7,14-15,20H,8-11H2,1-3H3. The molecule has 1 amide bonds. The summed E-state index contributed by atoms with van der Waals surface area (Å²) in [5, 5.41) is 10.4. The minimum atomic E-state index is -0.537. The number of aliphatic hydroxyl groups excluding tert-OH is 1. The molecule has 0 heterocycles. The molecule has 0 radical (unpaired) electrons. The third-order valence-electron chi connectivity index (χ3n) is 3.53. The average molecular weight is 326 g/mol. The van der Waals surface area contributed by atoms with Gasteiger partial charge < -0.3 is 9.84 Å². The molecule has 0 spiro atoms. The SMILES string of the molecule is CC(C)(C)OC(=O)N(C1CC1)C(CO)Cc1ccc(Cl)cc1. The van der Waals surface area contributed by atoms with E-state index in [1.165, 1.54) is 0 Å². The quantitative estimate of drug-likeness (QED) is 0.899. The van der Waals surface area contributed by atoms with E-state index in [1.54, 1.807) is 4.90 Å². The van der Waals surface area contributed by atoms with Gasteiger partial charge in [-0.05, 0) is 57.7 Å². The zero-order chi connectivity index (χ0) is 16.3. The molecule has 1 fully saturated rings. The molecule has 0 saturated heterocycles. The van der Waals surface area contributed by atoms with E-state index in [1.807, 2.05) is 45.0 Å². The van der Waals surface area contributed by atoms with Crippen molar-refractivity contribution in [2.45, 2.75) is 57.7 Å². The van der Waals surface area contributed by atoms with E-state index < -0.39 is 5.60 Å². The number of hydrogen-bond donors (Lipinski definition) is 1. The summed E-state index contributed by atoms with van der Waals surface area (Å²) < 4.78 is 5.50. The van der Waals surface area contributed by atoms with E-state index in [2.05, 4.69) is 0 Å². The number of halogens is 1. The number of aliphatic hydroxyl groups is 1. The van der Waals surface area contributed by atoms with E-state index in [4.69, 9.17) is 16.3 Å². The largest absolute Gasteiger partial charge is 0.444 e. The Morgan fingerprint density at radius 3 is 2.41 bits per heavy atom. The number of hydrogen-bond acceptors (Lipinski definition) is 3. The third kappa shape index (κ3) is 4.89. The predicted molar refractivity (Wildman–Crippen MR) is 87.1 cm³/mol. The van der Waals surface area contributed by atoms with Crippen LogP contribution in [0.3, 0.4) is 0 Å². The number of carbonyl (C=O) groups excluding carboxylic acids is 1. The molecule has 1 unspecified atom stereocenters. The van der Waals surface area contributed by atoms with Crippen molar-refractivity contribution in [1.82, 2.24) is 4.90 Å². The molecule has 22 heavy (non-hydrogen) atoms. The highest BCUT2D eigenvalue weighted by atomic mass is 35.5. The van der Waals surface area contributed by atoms with E-state index in [0.717, 1.165) is 18.4 Å². The van der Waals surface area contributed by atoms with Gasteiger partial charge in [-0.25, -0.2) is 4.79 Å². The number of rotatable bonds is 5. The van der Waals surface area contributed by atoms with Crippen molar-refractivity contribution >= 4 is 17.7 Å². The molecule has 1 aromatic rings. The molecule has 4 nitrogen and oxygen atoms in total. The van der Waals surface area contributed by atoms with Gasteiger partial charge >= 0.3 is 6.09 Å². The second-order valence-electron chi connectivity index (χ2n) is 6.79. The fraction of sp³-hybridized carbons (Fsp3) is 0.588. The summed E-state index contributed by atoms with van der Waals surface area (Å²) in [4.78, 5) is 14.2. The lowest BCUT2D eigenvalue weighted by Gasteiger charge is -2.33. The summed E-state index contributed by atoms with van der Waals surface area (Å²) in [7, 11) is 0. The normalized spacial score (nSPS) is 16.2. The molecule has 1 aliphatic rings. The summed E-state index contributed by atoms with van der Waals surface area (Å²) in [5.74, 6) is 0. The van der Waals surface area contributed by atoms with Gasteiger partial charge in [0.05, 0.1) is 12.6 Å². The first kappa shape index (κ1) is 17.1. The lowest BCUT2D eigenvalue weighted by atomic mass is 10.1. The maximum Gasteiger partial charge on any atom is 0.410 e. The van der Waals surface area contributed by atoms with Gasteiger partial charge in [-0.1, -0.05) is 23.7 Å². The van der Waals surface area contributed by atoms with Crippen LogP contribution in [0.1, 0.15) is 39.2 Å². The van der Waals surface area contributed by atoms with Gasteiger partial charge in [0, 0.05) is 11.1 Å². The van der Waals surface area contributed by atoms with Crippen LogP contribution in [0.15, 0.2) is 24.3 Å². The topological polar surface area (TPSA) is 49.8 Å². The summed E-state index contributed by atoms with van der Waals surface area (Å²) in [5.41, 5.74) is 0.502. The Bertz CT molecular complexity index is 506. The first-order valence-corrected chi connectivity index (χ1v) is 8.04. The van der Waals surface area contributed by atoms with E-state index in [0.29, 0.717) is 11.4 Å². The molecular formula is C17H24ClNO3. The van der Waals surface area contributed by atoms with Crippen molar-refractivity contribution in [2.75, 3.05) is 6.61 Å². The molecule has 0 bridgehead atoms. The van der Waals surface area contributed by atoms with Crippen molar-refractivity contribution in [1.29, 1.82) is 0 Å². The zero-order valence-corrected chi connectivity index (χ0v) is 14.1. The van der Waals surface area contributed by atoms with Crippen molar-refractivity contribution in [3.63, 3.8) is 0 Å². The second kappa shape index (κ2) is 6.88. The summed E-state index contributed by atoms with van der Waals surface area (Å²) in [6, 6.07) is 7.39. The van der Waals surface area contributed by atoms with Crippen LogP contribution >= 0.6 is 11.6 Å². The number of amides is 1. The zero-order valence-electron chi connectivity index (χ0n) is 13.4. The summed E-state index contributed by atoms with van der Waals surface area (Å²) in [6.07, 6.45) is 2.18. The number of nitrogens with zero attached hydrogens (tertiary/aromatic N) is 1. The number of carbonyl (C=O) groups is 1. The van der Waals surface area contributed by atoms with Crippen LogP contribution in [-0.4, -0.2) is 40.4 Å². The van der Waals surface area contributed by atoms with Gasteiger partial charge in [0.25, 0.3) is 0 Å². The molecule has 1 saturated carbocycles. The van der Waals surface area contributed by atoms with Crippen LogP contribution < -0.4 is 0 Å². The van der Waals surface area contributed by atoms with Gasteiger partial charge in [-0.2, -0.15) is 0 Å². The van der Waals surface area contributed by atoms with Crippen molar-refractivity contribution in [3.05, 3.63) is 34.9 Å². The Kier molecular flexibility index (Phi) is 5.35. The highest BCUT2D eigenvalue weighted by Crippen LogP contribution is 2.31. The van der Waals surface area contributed by atoms with Crippen molar-refractivity contribution in [2.24, 2.45) is 0 Å². The third-order valence-corrected chi connectivity index (χ3v) is 3.79. The summed E-state index contributed by atoms with van der Waals surface area (Å²) in [6.45, 7) is 5.47. The fourth-order valence-corrected chi connectivity index (χ4v) is 2.53. The number of ether oxygens (including phenoxy) is 1. The Labute approximate surface area is 137 Å². The second-order valence-corrected chi connectivity index (χ2v) is 7.22. The molecule has 1 atom stereocenters. The molecule has 2 rings (SSSR count). The summed E-state index contributed by atoms with van der Waals surface area (Å²) >= 11 is 5.89. The van der Waals surface area contributed by atoms with Gasteiger partial charge in [-0.3, -0.25) is 4.90 Å². The fourth-order valence-electron chi connectivity index (χ4n) is 2.41. The molecule has 0 aromatic heterocycles. The maximum absolute atomic E-state index is 12.5. The van der Waals surface area contributed by atoms with Crippen LogP contribution in [0.2, 0.25) is 5.02 Å². The average Bonchev–Trinajstić information content (AvgIpc) is 3.23. The predicted octanol–water partition coefficient (Wildman–Crippen LogP) is 3.64. The van der Waals surface area contributed by atoms with Crippen LogP contribution in [0.25, 0.3) is 0 Å². The van der Waals surface area contributed by atoms with Gasteiger partial charge in [0.15, 0.2) is 0 Å². The van der Waals surface area contributed by atoms with Gasteiger partial charge in [-0.15, -0.1) is 0 Å². The highest BCUT2D eigenvalue weighted by molar-refractivity contribution is 6.30. The van der Waals surface area contributed by atoms with Gasteiger partial charge in [0.2, 0.25) is 0 Å². The first-order valence-electron chi connectivity index (χ1n) is 7.67. The lowest BCUT2D eigenvalue weighted by molar-refractivity contribution is 0.00699. The molecule has 122 valence electrons. The van der Waals surface area contributed by atoms with Crippen molar-refractivity contribution < 1.29 is 14.6 Å². The van der Waals surface area contributed by atoms with E-state index in [9.17, 15) is 9.90 Å². The van der Waals surface area contributed by atoms with Crippen LogP contribution in [0, 0.1) is 0 Å². The van der Waals surface area contributed by atoms with Crippen LogP contribution in [0.5, 0.6) is 0 Å². The Morgan fingerprint density at radius 2 is 1.95 bits per heavy atom.